The van der Waals surface area contributed by atoms with Gasteiger partial charge in [0.25, 0.3) is 0 Å². The molecule has 0 aliphatic rings. The van der Waals surface area contributed by atoms with Crippen LogP contribution in [0.2, 0.25) is 0 Å². The minimum atomic E-state index is -0.446. The second-order valence-electron chi connectivity index (χ2n) is 11.5. The average Bonchev–Trinajstić information content (AvgIpc) is 3.80. The van der Waals surface area contributed by atoms with Crippen molar-refractivity contribution in [2.75, 3.05) is 0 Å². The van der Waals surface area contributed by atoms with E-state index in [2.05, 4.69) is 187 Å². The van der Waals surface area contributed by atoms with Gasteiger partial charge in [-0.1, -0.05) is 194 Å². The molecule has 9 heteroatoms. The quantitative estimate of drug-likeness (QED) is 0.122. The summed E-state index contributed by atoms with van der Waals surface area (Å²) in [6, 6.07) is 71.8. The number of benzene rings is 7. The summed E-state index contributed by atoms with van der Waals surface area (Å²) in [4.78, 5) is 15.1. The Morgan fingerprint density at radius 2 is 0.800 bits per heavy atom. The Labute approximate surface area is 346 Å². The van der Waals surface area contributed by atoms with E-state index in [1.807, 2.05) is 11.4 Å². The van der Waals surface area contributed by atoms with Gasteiger partial charge in [-0.3, -0.25) is 4.79 Å². The number of nitrogens with two attached hydrogens (primary N) is 1. The van der Waals surface area contributed by atoms with E-state index >= 15 is 0 Å². The number of primary amides is 1. The number of hydrogen-bond acceptors (Lipinski definition) is 3. The van der Waals surface area contributed by atoms with Gasteiger partial charge in [-0.25, -0.2) is 4.98 Å². The Bertz CT molecular complexity index is 1940. The van der Waals surface area contributed by atoms with E-state index in [0.717, 1.165) is 10.6 Å². The number of thiazole rings is 1. The van der Waals surface area contributed by atoms with Crippen LogP contribution >= 0.6 is 46.2 Å². The molecule has 0 fully saturated rings. The van der Waals surface area contributed by atoms with Gasteiger partial charge >= 0.3 is 35.0 Å². The van der Waals surface area contributed by atoms with Crippen LogP contribution in [0.1, 0.15) is 10.4 Å². The van der Waals surface area contributed by atoms with E-state index in [0.29, 0.717) is 5.56 Å². The number of carbonyl (C=O) groups excluding carboxylic acids is 1. The molecule has 7 aromatic carbocycles. The van der Waals surface area contributed by atoms with Gasteiger partial charge < -0.3 is 5.73 Å². The largest absolute Gasteiger partial charge is 0.0622 e. The number of halogens is 2. The zero-order valence-corrected chi connectivity index (χ0v) is 35.3. The number of hydrogen-bond donors (Lipinski definition) is 1. The first-order valence-electron chi connectivity index (χ1n) is 17.1. The average molecular weight is 906 g/mol. The van der Waals surface area contributed by atoms with Crippen LogP contribution in [0.5, 0.6) is 0 Å². The van der Waals surface area contributed by atoms with Gasteiger partial charge in [0.05, 0.1) is 0 Å². The van der Waals surface area contributed by atoms with Crippen LogP contribution in [-0.4, -0.2) is 10.9 Å². The first-order chi connectivity index (χ1) is 27.1. The zero-order chi connectivity index (χ0) is 38.5. The SMILES string of the molecule is NC(=O)c1cccc(-c2nccs2)c1.[Cl][Pd][Cl].c1ccc(P(c2ccccc2)c2ccccc2)cc1.c1ccc(P(c2ccccc2)c2ccccc2)cc1. The third-order valence-electron chi connectivity index (χ3n) is 7.91. The van der Waals surface area contributed by atoms with Crippen molar-refractivity contribution in [2.45, 2.75) is 0 Å². The zero-order valence-electron chi connectivity index (χ0n) is 29.6. The number of nitrogens with zero attached hydrogens (tertiary/aromatic N) is 1. The van der Waals surface area contributed by atoms with Gasteiger partial charge in [-0.2, -0.15) is 0 Å². The Morgan fingerprint density at radius 3 is 1.05 bits per heavy atom. The minimum absolute atomic E-state index is 0.106. The molecule has 0 unspecified atom stereocenters. The van der Waals surface area contributed by atoms with Gasteiger partial charge in [0, 0.05) is 22.7 Å². The van der Waals surface area contributed by atoms with Gasteiger partial charge in [0.2, 0.25) is 5.91 Å². The van der Waals surface area contributed by atoms with Gasteiger partial charge in [0.1, 0.15) is 5.01 Å². The van der Waals surface area contributed by atoms with E-state index in [-0.39, 0.29) is 15.9 Å². The molecule has 0 saturated carbocycles. The van der Waals surface area contributed by atoms with E-state index < -0.39 is 21.8 Å². The number of carbonyl (C=O) groups is 1. The molecule has 55 heavy (non-hydrogen) atoms. The van der Waals surface area contributed by atoms with Crippen LogP contribution in [0, 0.1) is 0 Å². The maximum absolute atomic E-state index is 10.9. The van der Waals surface area contributed by atoms with Crippen LogP contribution in [0.25, 0.3) is 10.6 Å². The van der Waals surface area contributed by atoms with E-state index in [1.165, 1.54) is 43.2 Å². The molecule has 0 atom stereocenters. The van der Waals surface area contributed by atoms with E-state index in [9.17, 15) is 4.79 Å². The van der Waals surface area contributed by atoms with Crippen LogP contribution in [-0.2, 0) is 15.9 Å². The van der Waals surface area contributed by atoms with Crippen LogP contribution in [0.3, 0.4) is 0 Å². The van der Waals surface area contributed by atoms with Crippen molar-refractivity contribution >= 4 is 84.0 Å². The fourth-order valence-electron chi connectivity index (χ4n) is 5.53. The number of rotatable bonds is 8. The smallest absolute Gasteiger partial charge is 0.0134 e. The topological polar surface area (TPSA) is 56.0 Å². The molecule has 0 aliphatic carbocycles. The summed E-state index contributed by atoms with van der Waals surface area (Å²) in [5, 5.41) is 11.2. The molecular formula is C46H38Cl2N2OP2PdS. The van der Waals surface area contributed by atoms with Crippen molar-refractivity contribution in [3.63, 3.8) is 0 Å². The fourth-order valence-corrected chi connectivity index (χ4v) is 10.8. The molecule has 1 amide bonds. The second kappa shape index (κ2) is 23.6. The molecule has 3 nitrogen and oxygen atoms in total. The van der Waals surface area contributed by atoms with Crippen molar-refractivity contribution in [1.82, 2.24) is 4.98 Å². The molecule has 0 spiro atoms. The maximum atomic E-state index is 10.9. The second-order valence-corrected chi connectivity index (χ2v) is 19.2. The van der Waals surface area contributed by atoms with Crippen LogP contribution in [0.4, 0.5) is 0 Å². The summed E-state index contributed by atoms with van der Waals surface area (Å²) < 4.78 is 0. The third-order valence-corrected chi connectivity index (χ3v) is 13.6. The fraction of sp³-hybridized carbons (Fsp3) is 0. The Balaban J connectivity index is 0.000000154. The molecule has 0 bridgehead atoms. The Morgan fingerprint density at radius 1 is 0.491 bits per heavy atom. The molecule has 0 aliphatic heterocycles. The maximum Gasteiger partial charge on any atom is -0.0134 e. The van der Waals surface area contributed by atoms with Crippen LogP contribution in [0.15, 0.2) is 218 Å². The van der Waals surface area contributed by atoms with Gasteiger partial charge in [0.15, 0.2) is 0 Å². The predicted octanol–water partition coefficient (Wildman–Crippen LogP) is 10.2. The number of aromatic nitrogens is 1. The van der Waals surface area contributed by atoms with Gasteiger partial charge in [-0.05, 0) is 59.8 Å². The standard InChI is InChI=1S/2C18H15P.C10H8N2OS.2ClH.Pd/c2*1-4-10-16(11-5-1)19(17-12-6-2-7-13-17)18-14-8-3-9-15-18;11-9(13)7-2-1-3-8(6-7)10-12-4-5-14-10;;;/h2*1-15H;1-6H,(H2,11,13);2*1H;/q;;;;;+2/p-2. The normalized spacial score (nSPS) is 10.3. The summed E-state index contributed by atoms with van der Waals surface area (Å²) >= 11 is 1.43. The Kier molecular flexibility index (Phi) is 18.0. The Hall–Kier alpha value is -4.26. The predicted molar refractivity (Wildman–Crippen MR) is 238 cm³/mol. The van der Waals surface area contributed by atoms with Crippen molar-refractivity contribution < 1.29 is 20.7 Å². The first kappa shape index (κ1) is 41.9. The van der Waals surface area contributed by atoms with E-state index in [1.54, 1.807) is 24.4 Å². The van der Waals surface area contributed by atoms with Crippen molar-refractivity contribution in [3.05, 3.63) is 223 Å². The molecular weight excluding hydrogens is 868 g/mol. The minimum Gasteiger partial charge on any atom is -0.0622 e. The summed E-state index contributed by atoms with van der Waals surface area (Å²) in [5.74, 6) is -0.414. The molecule has 1 aromatic heterocycles. The molecule has 8 rings (SSSR count). The number of amides is 1. The summed E-state index contributed by atoms with van der Waals surface area (Å²) in [7, 11) is 8.74. The summed E-state index contributed by atoms with van der Waals surface area (Å²) in [6.07, 6.45) is 1.73. The summed E-state index contributed by atoms with van der Waals surface area (Å²) in [6.45, 7) is 0. The van der Waals surface area contributed by atoms with E-state index in [4.69, 9.17) is 24.8 Å². The molecule has 278 valence electrons. The first-order valence-corrected chi connectivity index (χ1v) is 24.7. The van der Waals surface area contributed by atoms with Crippen molar-refractivity contribution in [2.24, 2.45) is 5.73 Å². The summed E-state index contributed by atoms with van der Waals surface area (Å²) in [5.41, 5.74) is 6.62. The molecule has 0 saturated heterocycles. The molecule has 8 aromatic rings. The molecule has 1 heterocycles. The molecule has 0 radical (unpaired) electrons. The van der Waals surface area contributed by atoms with Crippen LogP contribution < -0.4 is 37.6 Å². The molecule has 2 N–H and O–H groups in total. The monoisotopic (exact) mass is 904 g/mol. The third kappa shape index (κ3) is 13.2. The van der Waals surface area contributed by atoms with Crippen molar-refractivity contribution in [1.29, 1.82) is 0 Å². The van der Waals surface area contributed by atoms with Crippen molar-refractivity contribution in [3.8, 4) is 10.6 Å². The van der Waals surface area contributed by atoms with Gasteiger partial charge in [-0.15, -0.1) is 11.3 Å².